The van der Waals surface area contributed by atoms with Gasteiger partial charge >= 0.3 is 13.6 Å². The van der Waals surface area contributed by atoms with Crippen LogP contribution in [0.1, 0.15) is 33.2 Å². The summed E-state index contributed by atoms with van der Waals surface area (Å²) >= 11 is 8.48. The molecule has 0 amide bonds. The molecule has 7 heterocycles. The molecule has 2 N–H and O–H groups in total. The van der Waals surface area contributed by atoms with E-state index < -0.39 is 83.4 Å². The number of fused-ring (bicyclic) bond motifs is 5. The molecular weight excluding hydrogens is 772 g/mol. The van der Waals surface area contributed by atoms with Gasteiger partial charge < -0.3 is 24.2 Å². The van der Waals surface area contributed by atoms with Crippen LogP contribution in [0.25, 0.3) is 22.3 Å². The molecule has 3 aliphatic heterocycles. The second-order valence-electron chi connectivity index (χ2n) is 13.8. The quantitative estimate of drug-likeness (QED) is 0.151. The van der Waals surface area contributed by atoms with E-state index in [9.17, 15) is 13.9 Å². The van der Waals surface area contributed by atoms with Crippen molar-refractivity contribution >= 4 is 74.6 Å². The van der Waals surface area contributed by atoms with E-state index in [-0.39, 0.29) is 33.2 Å². The van der Waals surface area contributed by atoms with Gasteiger partial charge in [-0.1, -0.05) is 45.3 Å². The summed E-state index contributed by atoms with van der Waals surface area (Å²) in [5.74, 6) is 0.0597. The molecule has 0 aliphatic carbocycles. The summed E-state index contributed by atoms with van der Waals surface area (Å²) in [6.07, 6.45) is -6.98. The van der Waals surface area contributed by atoms with Crippen LogP contribution in [0.3, 0.4) is 0 Å². The maximum atomic E-state index is 16.4. The summed E-state index contributed by atoms with van der Waals surface area (Å²) in [7, 11) is -1.24. The van der Waals surface area contributed by atoms with Gasteiger partial charge in [0.15, 0.2) is 55.9 Å². The number of halogens is 1. The van der Waals surface area contributed by atoms with Crippen molar-refractivity contribution < 1.29 is 45.5 Å². The first-order valence-electron chi connectivity index (χ1n) is 15.6. The Morgan fingerprint density at radius 2 is 1.57 bits per heavy atom. The van der Waals surface area contributed by atoms with E-state index in [0.29, 0.717) is 0 Å². The molecule has 51 heavy (non-hydrogen) atoms. The maximum Gasteiger partial charge on any atom is 0.388 e. The summed E-state index contributed by atoms with van der Waals surface area (Å²) in [4.78, 5) is 33.6. The van der Waals surface area contributed by atoms with Gasteiger partial charge in [0.1, 0.15) is 36.3 Å². The number of ether oxygens (including phenoxy) is 2. The Balaban J connectivity index is 1.28. The number of hydrogen-bond acceptors (Lipinski definition) is 16. The Hall–Kier alpha value is -2.27. The third-order valence-corrected chi connectivity index (χ3v) is 17.0. The number of aromatic nitrogens is 8. The number of nitrogens with zero attached hydrogens (tertiary/aromatic N) is 8. The zero-order valence-corrected chi connectivity index (χ0v) is 32.6. The summed E-state index contributed by atoms with van der Waals surface area (Å²) in [6, 6.07) is 0. The lowest BCUT2D eigenvalue weighted by atomic mass is 10.1. The molecule has 2 bridgehead atoms. The van der Waals surface area contributed by atoms with E-state index in [1.165, 1.54) is 46.1 Å². The monoisotopic (exact) mass is 807 g/mol. The van der Waals surface area contributed by atoms with Crippen LogP contribution < -0.4 is 11.3 Å². The van der Waals surface area contributed by atoms with Crippen molar-refractivity contribution in [1.82, 2.24) is 38.6 Å². The third-order valence-electron chi connectivity index (χ3n) is 9.38. The van der Waals surface area contributed by atoms with Crippen molar-refractivity contribution in [2.75, 3.05) is 12.3 Å². The van der Waals surface area contributed by atoms with Gasteiger partial charge in [0.2, 0.25) is 0 Å². The molecule has 3 fully saturated rings. The first kappa shape index (κ1) is 37.1. The van der Waals surface area contributed by atoms with Gasteiger partial charge in [0, 0.05) is 7.05 Å². The largest absolute Gasteiger partial charge is 0.406 e. The third kappa shape index (κ3) is 6.73. The molecule has 3 saturated heterocycles. The second-order valence-corrected chi connectivity index (χ2v) is 24.3. The van der Waals surface area contributed by atoms with Crippen molar-refractivity contribution in [2.24, 2.45) is 7.05 Å². The number of alkyl halides is 1. The zero-order valence-electron chi connectivity index (χ0n) is 28.0. The van der Waals surface area contributed by atoms with E-state index in [0.717, 1.165) is 0 Å². The van der Waals surface area contributed by atoms with Gasteiger partial charge in [0.25, 0.3) is 5.56 Å². The standard InChI is InChI=1S/C26H36FN9O10P2S2Si/c1-26(2,3)51(5,6)46-18-17-24(36-11-32-15-21(36)33-9-34(4)22(15)37)42-25(18)45-48(39,50)43-16-12(7-40-47(38,49)44-17)41-23(13(16)27)35-10-31-14-19(28)29-8-30-20(14)35/h8-13,16-18,23-25H,7H2,1-6H3,(H,38,49)(H,39,50)(H2,28,29,30)/t12-,13-,16-,17-,18?,23-,24-,25-,47+,48-/m1/s1. The predicted octanol–water partition coefficient (Wildman–Crippen LogP) is 3.93. The minimum absolute atomic E-state index is 0.00772. The molecule has 25 heteroatoms. The number of imidazole rings is 2. The predicted molar refractivity (Wildman–Crippen MR) is 187 cm³/mol. The number of anilines is 1. The Morgan fingerprint density at radius 3 is 2.27 bits per heavy atom. The fourth-order valence-corrected chi connectivity index (χ4v) is 10.1. The van der Waals surface area contributed by atoms with E-state index in [1.54, 1.807) is 0 Å². The van der Waals surface area contributed by atoms with E-state index in [1.807, 2.05) is 33.9 Å². The van der Waals surface area contributed by atoms with Gasteiger partial charge in [-0.2, -0.15) is 0 Å². The van der Waals surface area contributed by atoms with Crippen molar-refractivity contribution in [3.63, 3.8) is 0 Å². The number of nitrogens with two attached hydrogens (primary N) is 1. The number of nitrogen functional groups attached to an aromatic ring is 1. The number of aryl methyl sites for hydroxylation is 1. The summed E-state index contributed by atoms with van der Waals surface area (Å²) in [5, 5.41) is -0.374. The van der Waals surface area contributed by atoms with Crippen LogP contribution in [0.15, 0.2) is 30.1 Å². The van der Waals surface area contributed by atoms with Crippen LogP contribution in [-0.4, -0.2) is 90.4 Å². The highest BCUT2D eigenvalue weighted by atomic mass is 32.7. The Bertz CT molecular complexity index is 2150. The molecular formula is C26H36FN9O10P2S2Si. The number of rotatable bonds is 4. The lowest BCUT2D eigenvalue weighted by Gasteiger charge is -2.40. The van der Waals surface area contributed by atoms with E-state index in [4.69, 9.17) is 37.7 Å². The normalized spacial score (nSPS) is 35.2. The average Bonchev–Trinajstić information content (AvgIpc) is 3.79. The topological polar surface area (TPSA) is 221 Å². The highest BCUT2D eigenvalue weighted by Crippen LogP contribution is 2.63. The smallest absolute Gasteiger partial charge is 0.388 e. The minimum atomic E-state index is -4.57. The van der Waals surface area contributed by atoms with Gasteiger partial charge in [-0.3, -0.25) is 32.0 Å². The van der Waals surface area contributed by atoms with Crippen LogP contribution in [0.5, 0.6) is 0 Å². The fraction of sp³-hybridized carbons (Fsp3) is 0.615. The van der Waals surface area contributed by atoms with Crippen molar-refractivity contribution in [3.8, 4) is 0 Å². The lowest BCUT2D eigenvalue weighted by Crippen LogP contribution is -2.50. The molecule has 10 atom stereocenters. The van der Waals surface area contributed by atoms with Gasteiger partial charge in [-0.25, -0.2) is 38.4 Å². The van der Waals surface area contributed by atoms with Crippen LogP contribution in [0.2, 0.25) is 18.1 Å². The molecule has 19 nitrogen and oxygen atoms in total. The first-order chi connectivity index (χ1) is 23.8. The first-order valence-corrected chi connectivity index (χ1v) is 23.9. The van der Waals surface area contributed by atoms with Crippen LogP contribution >= 0.6 is 38.1 Å². The molecule has 0 aromatic carbocycles. The summed E-state index contributed by atoms with van der Waals surface area (Å²) < 4.78 is 90.9. The van der Waals surface area contributed by atoms with Crippen LogP contribution in [-0.2, 0) is 48.2 Å². The van der Waals surface area contributed by atoms with Gasteiger partial charge in [0.05, 0.1) is 25.6 Å². The number of thiol groups is 2. The minimum Gasteiger partial charge on any atom is -0.406 e. The molecule has 0 spiro atoms. The summed E-state index contributed by atoms with van der Waals surface area (Å²) in [6.45, 7) is 0.260. The number of hydrogen-bond donors (Lipinski definition) is 3. The Kier molecular flexibility index (Phi) is 9.41. The molecule has 4 aromatic heterocycles. The SMILES string of the molecule is Cn1cnc2c(ncn2[C@@H]2O[C@@H]3O[P@](=O)(S)O[C@H]4[C@@H](F)[C@H](n5cnc6c(N)ncnc65)O[C@@H]4CO[P@](=O)(S)O[C@@H]2C3O[Si](C)(C)C(C)(C)C)c1=O. The maximum absolute atomic E-state index is 16.4. The van der Waals surface area contributed by atoms with Crippen LogP contribution in [0.4, 0.5) is 10.2 Å². The Morgan fingerprint density at radius 1 is 0.922 bits per heavy atom. The highest BCUT2D eigenvalue weighted by Gasteiger charge is 2.58. The highest BCUT2D eigenvalue weighted by molar-refractivity contribution is 8.44. The van der Waals surface area contributed by atoms with Gasteiger partial charge in [-0.05, 0) is 18.1 Å². The van der Waals surface area contributed by atoms with Crippen LogP contribution in [0, 0.1) is 0 Å². The van der Waals surface area contributed by atoms with Crippen molar-refractivity contribution in [3.05, 3.63) is 35.7 Å². The lowest BCUT2D eigenvalue weighted by molar-refractivity contribution is -0.127. The summed E-state index contributed by atoms with van der Waals surface area (Å²) in [5.41, 5.74) is 5.93. The molecule has 1 unspecified atom stereocenters. The fourth-order valence-electron chi connectivity index (χ4n) is 5.75. The molecule has 4 aromatic rings. The molecule has 278 valence electrons. The second kappa shape index (κ2) is 12.9. The molecule has 7 rings (SSSR count). The molecule has 3 aliphatic rings. The zero-order chi connectivity index (χ0) is 36.8. The van der Waals surface area contributed by atoms with E-state index >= 15 is 4.39 Å². The molecule has 0 saturated carbocycles. The van der Waals surface area contributed by atoms with Crippen molar-refractivity contribution in [2.45, 2.75) is 88.2 Å². The average molecular weight is 808 g/mol. The molecule has 0 radical (unpaired) electrons. The van der Waals surface area contributed by atoms with Gasteiger partial charge in [-0.15, -0.1) is 0 Å². The Labute approximate surface area is 301 Å². The van der Waals surface area contributed by atoms with Crippen molar-refractivity contribution in [1.29, 1.82) is 0 Å². The van der Waals surface area contributed by atoms with E-state index in [2.05, 4.69) is 49.4 Å².